The van der Waals surface area contributed by atoms with Gasteiger partial charge in [-0.1, -0.05) is 12.8 Å². The number of sulfonamides is 1. The molecule has 0 aromatic carbocycles. The number of aliphatic hydroxyl groups excluding tert-OH is 1. The van der Waals surface area contributed by atoms with Crippen LogP contribution in [0.15, 0.2) is 17.3 Å². The van der Waals surface area contributed by atoms with Gasteiger partial charge in [-0.3, -0.25) is 4.68 Å². The van der Waals surface area contributed by atoms with Crippen LogP contribution in [0.1, 0.15) is 25.7 Å². The first-order valence-corrected chi connectivity index (χ1v) is 7.73. The van der Waals surface area contributed by atoms with E-state index in [1.54, 1.807) is 0 Å². The first kappa shape index (κ1) is 13.5. The Hall–Kier alpha value is -0.920. The SMILES string of the molecule is O=S(=O)(NCCCC1CC1)c1cnn(CCO)c1. The van der Waals surface area contributed by atoms with Crippen molar-refractivity contribution >= 4 is 10.0 Å². The highest BCUT2D eigenvalue weighted by molar-refractivity contribution is 7.89. The Labute approximate surface area is 107 Å². The largest absolute Gasteiger partial charge is 0.394 e. The highest BCUT2D eigenvalue weighted by Gasteiger charge is 2.21. The molecule has 1 heterocycles. The summed E-state index contributed by atoms with van der Waals surface area (Å²) < 4.78 is 27.8. The van der Waals surface area contributed by atoms with Gasteiger partial charge in [0.1, 0.15) is 4.90 Å². The van der Waals surface area contributed by atoms with Gasteiger partial charge in [0.15, 0.2) is 0 Å². The van der Waals surface area contributed by atoms with E-state index >= 15 is 0 Å². The van der Waals surface area contributed by atoms with E-state index < -0.39 is 10.0 Å². The molecule has 1 fully saturated rings. The van der Waals surface area contributed by atoms with Crippen molar-refractivity contribution in [3.8, 4) is 0 Å². The summed E-state index contributed by atoms with van der Waals surface area (Å²) in [4.78, 5) is 0.155. The number of nitrogens with zero attached hydrogens (tertiary/aromatic N) is 2. The molecule has 2 rings (SSSR count). The maximum atomic E-state index is 11.9. The predicted octanol–water partition coefficient (Wildman–Crippen LogP) is 0.344. The van der Waals surface area contributed by atoms with E-state index in [1.807, 2.05) is 0 Å². The molecule has 1 aliphatic rings. The Morgan fingerprint density at radius 2 is 2.28 bits per heavy atom. The first-order chi connectivity index (χ1) is 8.62. The quantitative estimate of drug-likeness (QED) is 0.669. The van der Waals surface area contributed by atoms with Crippen molar-refractivity contribution < 1.29 is 13.5 Å². The van der Waals surface area contributed by atoms with Crippen molar-refractivity contribution in [2.75, 3.05) is 13.2 Å². The van der Waals surface area contributed by atoms with Gasteiger partial charge in [-0.2, -0.15) is 5.10 Å². The number of aliphatic hydroxyl groups is 1. The molecule has 0 aliphatic heterocycles. The maximum absolute atomic E-state index is 11.9. The number of aromatic nitrogens is 2. The lowest BCUT2D eigenvalue weighted by atomic mass is 10.2. The lowest BCUT2D eigenvalue weighted by Gasteiger charge is -2.03. The molecule has 0 amide bonds. The first-order valence-electron chi connectivity index (χ1n) is 6.25. The van der Waals surface area contributed by atoms with Gasteiger partial charge in [-0.05, 0) is 18.8 Å². The number of nitrogens with one attached hydrogen (secondary N) is 1. The molecule has 1 aromatic rings. The minimum atomic E-state index is -3.45. The van der Waals surface area contributed by atoms with Crippen LogP contribution in [0.3, 0.4) is 0 Å². The van der Waals surface area contributed by atoms with E-state index in [9.17, 15) is 8.42 Å². The monoisotopic (exact) mass is 273 g/mol. The maximum Gasteiger partial charge on any atom is 0.243 e. The van der Waals surface area contributed by atoms with Gasteiger partial charge in [0.05, 0.1) is 19.3 Å². The summed E-state index contributed by atoms with van der Waals surface area (Å²) in [7, 11) is -3.45. The highest BCUT2D eigenvalue weighted by Crippen LogP contribution is 2.33. The molecule has 1 aliphatic carbocycles. The molecule has 2 N–H and O–H groups in total. The summed E-state index contributed by atoms with van der Waals surface area (Å²) in [6.07, 6.45) is 7.31. The molecule has 18 heavy (non-hydrogen) atoms. The molecule has 1 aromatic heterocycles. The summed E-state index contributed by atoms with van der Waals surface area (Å²) in [6, 6.07) is 0. The Kier molecular flexibility index (Phi) is 4.36. The Morgan fingerprint density at radius 1 is 1.50 bits per heavy atom. The van der Waals surface area contributed by atoms with Gasteiger partial charge in [0, 0.05) is 12.7 Å². The lowest BCUT2D eigenvalue weighted by molar-refractivity contribution is 0.269. The number of hydrogen-bond acceptors (Lipinski definition) is 4. The molecular formula is C11H19N3O3S. The molecule has 0 bridgehead atoms. The van der Waals surface area contributed by atoms with Crippen molar-refractivity contribution in [3.05, 3.63) is 12.4 Å². The fraction of sp³-hybridized carbons (Fsp3) is 0.727. The van der Waals surface area contributed by atoms with Crippen molar-refractivity contribution in [3.63, 3.8) is 0 Å². The second-order valence-electron chi connectivity index (χ2n) is 4.65. The normalized spacial score (nSPS) is 16.1. The molecule has 0 unspecified atom stereocenters. The zero-order valence-corrected chi connectivity index (χ0v) is 11.1. The summed E-state index contributed by atoms with van der Waals surface area (Å²) in [5.74, 6) is 0.821. The summed E-state index contributed by atoms with van der Waals surface area (Å²) in [5, 5.41) is 12.6. The van der Waals surface area contributed by atoms with Crippen molar-refractivity contribution in [1.82, 2.24) is 14.5 Å². The second kappa shape index (κ2) is 5.81. The number of hydrogen-bond donors (Lipinski definition) is 2. The Bertz CT molecular complexity index is 479. The third-order valence-electron chi connectivity index (χ3n) is 3.03. The van der Waals surface area contributed by atoms with Crippen LogP contribution in [0.25, 0.3) is 0 Å². The van der Waals surface area contributed by atoms with E-state index in [1.165, 1.54) is 29.9 Å². The van der Waals surface area contributed by atoms with Crippen molar-refractivity contribution in [2.24, 2.45) is 5.92 Å². The third-order valence-corrected chi connectivity index (χ3v) is 4.44. The van der Waals surface area contributed by atoms with Crippen LogP contribution < -0.4 is 4.72 Å². The van der Waals surface area contributed by atoms with Gasteiger partial charge in [-0.15, -0.1) is 0 Å². The minimum absolute atomic E-state index is 0.0595. The summed E-state index contributed by atoms with van der Waals surface area (Å²) in [5.41, 5.74) is 0. The highest BCUT2D eigenvalue weighted by atomic mass is 32.2. The molecular weight excluding hydrogens is 254 g/mol. The third kappa shape index (κ3) is 3.79. The minimum Gasteiger partial charge on any atom is -0.394 e. The van der Waals surface area contributed by atoms with E-state index in [4.69, 9.17) is 5.11 Å². The van der Waals surface area contributed by atoms with E-state index in [2.05, 4.69) is 9.82 Å². The lowest BCUT2D eigenvalue weighted by Crippen LogP contribution is -2.24. The van der Waals surface area contributed by atoms with Crippen molar-refractivity contribution in [1.29, 1.82) is 0 Å². The molecule has 1 saturated carbocycles. The van der Waals surface area contributed by atoms with Crippen LogP contribution in [0, 0.1) is 5.92 Å². The molecule has 7 heteroatoms. The van der Waals surface area contributed by atoms with Crippen LogP contribution >= 0.6 is 0 Å². The van der Waals surface area contributed by atoms with Gasteiger partial charge >= 0.3 is 0 Å². The van der Waals surface area contributed by atoms with E-state index in [0.29, 0.717) is 13.1 Å². The van der Waals surface area contributed by atoms with E-state index in [0.717, 1.165) is 18.8 Å². The molecule has 6 nitrogen and oxygen atoms in total. The van der Waals surface area contributed by atoms with Gasteiger partial charge < -0.3 is 5.11 Å². The Morgan fingerprint density at radius 3 is 2.94 bits per heavy atom. The number of rotatable bonds is 8. The van der Waals surface area contributed by atoms with Crippen LogP contribution in [0.4, 0.5) is 0 Å². The molecule has 0 spiro atoms. The van der Waals surface area contributed by atoms with Gasteiger partial charge in [0.2, 0.25) is 10.0 Å². The van der Waals surface area contributed by atoms with Crippen LogP contribution in [0.2, 0.25) is 0 Å². The molecule has 0 radical (unpaired) electrons. The predicted molar refractivity (Wildman–Crippen MR) is 66.5 cm³/mol. The fourth-order valence-corrected chi connectivity index (χ4v) is 2.82. The Balaban J connectivity index is 1.83. The van der Waals surface area contributed by atoms with Gasteiger partial charge in [0.25, 0.3) is 0 Å². The van der Waals surface area contributed by atoms with E-state index in [-0.39, 0.29) is 11.5 Å². The van der Waals surface area contributed by atoms with Crippen LogP contribution in [0.5, 0.6) is 0 Å². The second-order valence-corrected chi connectivity index (χ2v) is 6.41. The fourth-order valence-electron chi connectivity index (χ4n) is 1.80. The molecule has 102 valence electrons. The average molecular weight is 273 g/mol. The molecule has 0 saturated heterocycles. The van der Waals surface area contributed by atoms with Crippen LogP contribution in [-0.2, 0) is 16.6 Å². The molecule has 0 atom stereocenters. The summed E-state index contributed by atoms with van der Waals surface area (Å²) >= 11 is 0. The average Bonchev–Trinajstić information content (AvgIpc) is 3.03. The summed E-state index contributed by atoms with van der Waals surface area (Å²) in [6.45, 7) is 0.719. The van der Waals surface area contributed by atoms with Crippen molar-refractivity contribution in [2.45, 2.75) is 37.1 Å². The van der Waals surface area contributed by atoms with Crippen LogP contribution in [-0.4, -0.2) is 36.5 Å². The standard InChI is InChI=1S/C11H19N3O3S/c15-7-6-14-9-11(8-12-14)18(16,17)13-5-1-2-10-3-4-10/h8-10,13,15H,1-7H2. The zero-order chi connectivity index (χ0) is 13.0. The van der Waals surface area contributed by atoms with Gasteiger partial charge in [-0.25, -0.2) is 13.1 Å². The topological polar surface area (TPSA) is 84.2 Å². The zero-order valence-electron chi connectivity index (χ0n) is 10.2. The smallest absolute Gasteiger partial charge is 0.243 e.